The largest absolute Gasteiger partial charge is 0.508 e. The highest BCUT2D eigenvalue weighted by atomic mass is 16.5. The van der Waals surface area contributed by atoms with Crippen molar-refractivity contribution in [1.29, 1.82) is 0 Å². The number of ether oxygens (including phenoxy) is 1. The molecule has 12 nitrogen and oxygen atoms in total. The number of nitrogens with zero attached hydrogens (tertiary/aromatic N) is 2. The lowest BCUT2D eigenvalue weighted by Gasteiger charge is -2.28. The van der Waals surface area contributed by atoms with Gasteiger partial charge >= 0.3 is 5.97 Å². The third-order valence-electron chi connectivity index (χ3n) is 7.68. The molecule has 208 valence electrons. The quantitative estimate of drug-likeness (QED) is 0.161. The smallest absolute Gasteiger partial charge is 0.327 e. The molecule has 0 saturated heterocycles. The van der Waals surface area contributed by atoms with Crippen LogP contribution in [0.15, 0.2) is 23.1 Å². The lowest BCUT2D eigenvalue weighted by atomic mass is 9.75. The van der Waals surface area contributed by atoms with Gasteiger partial charge in [-0.3, -0.25) is 19.2 Å². The molecular weight excluding hydrogens is 536 g/mol. The Bertz CT molecular complexity index is 1970. The minimum Gasteiger partial charge on any atom is -0.508 e. The molecule has 1 heterocycles. The van der Waals surface area contributed by atoms with Crippen LogP contribution >= 0.6 is 0 Å². The Kier molecular flexibility index (Phi) is 5.56. The zero-order chi connectivity index (χ0) is 29.5. The van der Waals surface area contributed by atoms with Gasteiger partial charge in [0, 0.05) is 33.2 Å². The van der Waals surface area contributed by atoms with Crippen molar-refractivity contribution in [2.24, 2.45) is 0 Å². The number of ketones is 2. The number of hydrogen-bond acceptors (Lipinski definition) is 11. The number of aryl methyl sites for hydroxylation is 1. The Morgan fingerprint density at radius 3 is 2.29 bits per heavy atom. The molecule has 0 spiro atoms. The number of esters is 1. The topological polar surface area (TPSA) is 196 Å². The first-order valence-electron chi connectivity index (χ1n) is 12.6. The van der Waals surface area contributed by atoms with E-state index in [1.165, 1.54) is 13.1 Å². The van der Waals surface area contributed by atoms with E-state index in [0.29, 0.717) is 5.56 Å². The van der Waals surface area contributed by atoms with Crippen LogP contribution in [0.1, 0.15) is 55.5 Å². The van der Waals surface area contributed by atoms with Crippen LogP contribution in [-0.4, -0.2) is 59.5 Å². The van der Waals surface area contributed by atoms with Gasteiger partial charge in [0.15, 0.2) is 5.78 Å². The minimum atomic E-state index is -0.941. The second kappa shape index (κ2) is 8.81. The van der Waals surface area contributed by atoms with Crippen molar-refractivity contribution >= 4 is 28.3 Å². The van der Waals surface area contributed by atoms with Crippen molar-refractivity contribution in [1.82, 2.24) is 9.78 Å². The molecular formula is C29H22N2O10. The van der Waals surface area contributed by atoms with Crippen LogP contribution in [0.2, 0.25) is 0 Å². The van der Waals surface area contributed by atoms with Gasteiger partial charge in [0.25, 0.3) is 5.56 Å². The van der Waals surface area contributed by atoms with Gasteiger partial charge in [0.05, 0.1) is 34.9 Å². The molecule has 2 aliphatic rings. The van der Waals surface area contributed by atoms with E-state index >= 15 is 0 Å². The third kappa shape index (κ3) is 3.43. The summed E-state index contributed by atoms with van der Waals surface area (Å²) in [6.07, 6.45) is 1.62. The number of hydrogen-bond donors (Lipinski definition) is 5. The van der Waals surface area contributed by atoms with E-state index in [4.69, 9.17) is 4.74 Å². The van der Waals surface area contributed by atoms with E-state index in [9.17, 15) is 44.7 Å². The number of fused-ring (bicyclic) bond motifs is 6. The summed E-state index contributed by atoms with van der Waals surface area (Å²) in [5, 5.41) is 59.0. The van der Waals surface area contributed by atoms with Gasteiger partial charge in [0.1, 0.15) is 35.3 Å². The maximum atomic E-state index is 13.6. The maximum absolute atomic E-state index is 13.6. The Morgan fingerprint density at radius 1 is 0.878 bits per heavy atom. The summed E-state index contributed by atoms with van der Waals surface area (Å²) >= 11 is 0. The van der Waals surface area contributed by atoms with E-state index < -0.39 is 75.1 Å². The van der Waals surface area contributed by atoms with Crippen molar-refractivity contribution in [3.8, 4) is 39.9 Å². The number of rotatable bonds is 3. The van der Waals surface area contributed by atoms with Crippen molar-refractivity contribution < 1.29 is 44.7 Å². The molecule has 0 amide bonds. The van der Waals surface area contributed by atoms with E-state index in [2.05, 4.69) is 5.10 Å². The predicted octanol–water partition coefficient (Wildman–Crippen LogP) is 2.34. The number of phenolic OH excluding ortho intramolecular Hbond substituents is 5. The minimum absolute atomic E-state index is 0.0269. The van der Waals surface area contributed by atoms with Crippen LogP contribution < -0.4 is 5.56 Å². The van der Waals surface area contributed by atoms with Crippen LogP contribution in [0.3, 0.4) is 0 Å². The van der Waals surface area contributed by atoms with E-state index in [0.717, 1.165) is 10.7 Å². The molecule has 0 saturated carbocycles. The fraction of sp³-hybridized carbons (Fsp3) is 0.207. The van der Waals surface area contributed by atoms with Gasteiger partial charge in [-0.1, -0.05) is 0 Å². The zero-order valence-corrected chi connectivity index (χ0v) is 21.7. The van der Waals surface area contributed by atoms with Crippen molar-refractivity contribution in [2.45, 2.75) is 33.2 Å². The van der Waals surface area contributed by atoms with Gasteiger partial charge in [-0.15, -0.1) is 0 Å². The van der Waals surface area contributed by atoms with Crippen LogP contribution in [0.25, 0.3) is 21.9 Å². The molecule has 2 aliphatic carbocycles. The molecule has 12 heteroatoms. The van der Waals surface area contributed by atoms with E-state index in [-0.39, 0.29) is 58.0 Å². The number of carbonyl (C=O) groups is 3. The third-order valence-corrected chi connectivity index (χ3v) is 7.68. The molecule has 4 aromatic rings. The van der Waals surface area contributed by atoms with Crippen LogP contribution in [-0.2, 0) is 28.9 Å². The summed E-state index contributed by atoms with van der Waals surface area (Å²) in [6.45, 7) is 2.54. The maximum Gasteiger partial charge on any atom is 0.327 e. The molecule has 41 heavy (non-hydrogen) atoms. The highest BCUT2D eigenvalue weighted by molar-refractivity contribution is 6.32. The molecule has 6 rings (SSSR count). The summed E-state index contributed by atoms with van der Waals surface area (Å²) in [6, 6.07) is 2.58. The number of benzene rings is 3. The summed E-state index contributed by atoms with van der Waals surface area (Å²) in [5.41, 5.74) is -2.34. The first-order chi connectivity index (χ1) is 19.5. The van der Waals surface area contributed by atoms with Gasteiger partial charge < -0.3 is 30.3 Å². The first-order valence-corrected chi connectivity index (χ1v) is 12.6. The lowest BCUT2D eigenvalue weighted by molar-refractivity contribution is -0.144. The molecule has 0 aliphatic heterocycles. The SMILES string of the molecule is CCOC(=O)Cn1ncc2cc3c(c(O)c2c1=O)-c1c(O)c2c(c(O)c1CC3)C(=O)c1c(cc(O)c(C)c1O)C2=O. The lowest BCUT2D eigenvalue weighted by Crippen LogP contribution is -2.28. The number of phenols is 5. The fourth-order valence-electron chi connectivity index (χ4n) is 5.71. The number of aromatic nitrogens is 2. The average Bonchev–Trinajstić information content (AvgIpc) is 2.93. The fourth-order valence-corrected chi connectivity index (χ4v) is 5.71. The van der Waals surface area contributed by atoms with Crippen LogP contribution in [0.4, 0.5) is 0 Å². The predicted molar refractivity (Wildman–Crippen MR) is 142 cm³/mol. The normalized spacial score (nSPS) is 13.4. The average molecular weight is 558 g/mol. The Hall–Kier alpha value is -5.39. The Balaban J connectivity index is 1.63. The van der Waals surface area contributed by atoms with Crippen molar-refractivity contribution in [3.63, 3.8) is 0 Å². The molecule has 0 radical (unpaired) electrons. The second-order valence-electron chi connectivity index (χ2n) is 9.89. The van der Waals surface area contributed by atoms with Gasteiger partial charge in [-0.05, 0) is 44.4 Å². The van der Waals surface area contributed by atoms with Gasteiger partial charge in [-0.2, -0.15) is 5.10 Å². The zero-order valence-electron chi connectivity index (χ0n) is 21.7. The van der Waals surface area contributed by atoms with E-state index in [1.807, 2.05) is 0 Å². The van der Waals surface area contributed by atoms with Crippen molar-refractivity contribution in [3.05, 3.63) is 67.6 Å². The Labute approximate surface area is 230 Å². The Morgan fingerprint density at radius 2 is 1.59 bits per heavy atom. The molecule has 5 N–H and O–H groups in total. The van der Waals surface area contributed by atoms with E-state index in [1.54, 1.807) is 13.0 Å². The summed E-state index contributed by atoms with van der Waals surface area (Å²) in [7, 11) is 0. The molecule has 0 bridgehead atoms. The second-order valence-corrected chi connectivity index (χ2v) is 9.89. The highest BCUT2D eigenvalue weighted by Gasteiger charge is 2.42. The summed E-state index contributed by atoms with van der Waals surface area (Å²) in [5.74, 6) is -5.54. The molecule has 0 atom stereocenters. The summed E-state index contributed by atoms with van der Waals surface area (Å²) in [4.78, 5) is 52.3. The molecule has 1 aromatic heterocycles. The molecule has 3 aromatic carbocycles. The van der Waals surface area contributed by atoms with Crippen LogP contribution in [0, 0.1) is 6.92 Å². The number of carbonyl (C=O) groups excluding carboxylic acids is 3. The van der Waals surface area contributed by atoms with Gasteiger partial charge in [0.2, 0.25) is 5.78 Å². The van der Waals surface area contributed by atoms with Crippen molar-refractivity contribution in [2.75, 3.05) is 6.61 Å². The molecule has 0 fully saturated rings. The highest BCUT2D eigenvalue weighted by Crippen LogP contribution is 2.54. The standard InChI is InChI=1S/C29H22N2O10/c1-3-41-16(33)9-31-29(40)18-12(8-30-31)6-11-4-5-13-19(17(11)26(18)37)27(38)22-21(24(13)35)28(39)20-14(25(22)36)7-15(32)10(2)23(20)34/h6-8,32,34-35,37-38H,3-5,9H2,1-2H3. The summed E-state index contributed by atoms with van der Waals surface area (Å²) < 4.78 is 5.69. The monoisotopic (exact) mass is 558 g/mol. The first kappa shape index (κ1) is 25.9. The molecule has 0 unspecified atom stereocenters. The van der Waals surface area contributed by atoms with Crippen LogP contribution in [0.5, 0.6) is 28.7 Å². The number of aromatic hydroxyl groups is 5. The van der Waals surface area contributed by atoms with Gasteiger partial charge in [-0.25, -0.2) is 4.68 Å².